The van der Waals surface area contributed by atoms with E-state index in [1.165, 1.54) is 6.07 Å². The molecule has 0 radical (unpaired) electrons. The summed E-state index contributed by atoms with van der Waals surface area (Å²) in [5.74, 6) is -0.346. The minimum atomic E-state index is -4.47. The molecule has 0 saturated heterocycles. The van der Waals surface area contributed by atoms with Gasteiger partial charge in [-0.25, -0.2) is 4.68 Å². The third-order valence-electron chi connectivity index (χ3n) is 3.40. The Kier molecular flexibility index (Phi) is 4.51. The zero-order chi connectivity index (χ0) is 18.0. The van der Waals surface area contributed by atoms with Crippen LogP contribution in [0.1, 0.15) is 48.2 Å². The Hall–Kier alpha value is -2.79. The predicted octanol–water partition coefficient (Wildman–Crippen LogP) is 1.23. The third kappa shape index (κ3) is 4.39. The number of nitrogens with one attached hydrogen (secondary N) is 1. The topological polar surface area (TPSA) is 108 Å². The van der Waals surface area contributed by atoms with Gasteiger partial charge in [0, 0.05) is 6.07 Å². The second-order valence-corrected chi connectivity index (χ2v) is 5.57. The molecule has 12 heteroatoms. The Labute approximate surface area is 139 Å². The number of alkyl halides is 3. The van der Waals surface area contributed by atoms with E-state index in [9.17, 15) is 18.0 Å². The van der Waals surface area contributed by atoms with Crippen LogP contribution < -0.4 is 10.1 Å². The molecule has 9 nitrogen and oxygen atoms in total. The fourth-order valence-corrected chi connectivity index (χ4v) is 2.07. The molecule has 0 bridgehead atoms. The minimum Gasteiger partial charge on any atom is -0.467 e. The number of halogens is 3. The van der Waals surface area contributed by atoms with E-state index in [0.717, 1.165) is 18.9 Å². The first-order valence-electron chi connectivity index (χ1n) is 7.45. The van der Waals surface area contributed by atoms with E-state index in [-0.39, 0.29) is 17.6 Å². The van der Waals surface area contributed by atoms with E-state index in [2.05, 4.69) is 35.8 Å². The van der Waals surface area contributed by atoms with Crippen molar-refractivity contribution in [3.63, 3.8) is 0 Å². The largest absolute Gasteiger partial charge is 0.467 e. The van der Waals surface area contributed by atoms with Gasteiger partial charge in [0.2, 0.25) is 5.88 Å². The molecule has 1 fully saturated rings. The summed E-state index contributed by atoms with van der Waals surface area (Å²) in [6, 6.07) is 2.16. The maximum Gasteiger partial charge on any atom is 0.422 e. The number of nitrogens with zero attached hydrogens (tertiary/aromatic N) is 6. The van der Waals surface area contributed by atoms with Gasteiger partial charge in [0.25, 0.3) is 5.91 Å². The van der Waals surface area contributed by atoms with Crippen LogP contribution in [0.5, 0.6) is 5.88 Å². The number of rotatable bonds is 6. The van der Waals surface area contributed by atoms with Gasteiger partial charge in [0.15, 0.2) is 18.1 Å². The van der Waals surface area contributed by atoms with E-state index in [1.54, 1.807) is 11.6 Å². The number of hydrogen-bond acceptors (Lipinski definition) is 7. The van der Waals surface area contributed by atoms with Crippen LogP contribution in [-0.2, 0) is 0 Å². The summed E-state index contributed by atoms with van der Waals surface area (Å²) >= 11 is 0. The van der Waals surface area contributed by atoms with Gasteiger partial charge in [-0.2, -0.15) is 13.2 Å². The average Bonchev–Trinajstić information content (AvgIpc) is 3.29. The highest BCUT2D eigenvalue weighted by molar-refractivity contribution is 5.92. The van der Waals surface area contributed by atoms with E-state index >= 15 is 0 Å². The summed E-state index contributed by atoms with van der Waals surface area (Å²) in [4.78, 5) is 12.2. The molecule has 0 spiro atoms. The van der Waals surface area contributed by atoms with E-state index in [0.29, 0.717) is 5.82 Å². The maximum atomic E-state index is 12.2. The summed E-state index contributed by atoms with van der Waals surface area (Å²) in [5, 5.41) is 21.1. The molecule has 1 amide bonds. The normalized spacial score (nSPS) is 15.7. The van der Waals surface area contributed by atoms with E-state index < -0.39 is 24.7 Å². The van der Waals surface area contributed by atoms with Crippen LogP contribution in [0.3, 0.4) is 0 Å². The Morgan fingerprint density at radius 1 is 1.36 bits per heavy atom. The average molecular weight is 357 g/mol. The van der Waals surface area contributed by atoms with Crippen molar-refractivity contribution >= 4 is 5.91 Å². The van der Waals surface area contributed by atoms with E-state index in [4.69, 9.17) is 0 Å². The van der Waals surface area contributed by atoms with Gasteiger partial charge >= 0.3 is 6.18 Å². The summed E-state index contributed by atoms with van der Waals surface area (Å²) < 4.78 is 42.3. The monoisotopic (exact) mass is 357 g/mol. The third-order valence-corrected chi connectivity index (χ3v) is 3.40. The molecule has 3 rings (SSSR count). The first-order chi connectivity index (χ1) is 11.8. The van der Waals surface area contributed by atoms with Crippen LogP contribution in [-0.4, -0.2) is 49.1 Å². The molecular weight excluding hydrogens is 343 g/mol. The molecule has 2 aromatic heterocycles. The van der Waals surface area contributed by atoms with Crippen molar-refractivity contribution < 1.29 is 22.7 Å². The van der Waals surface area contributed by atoms with Gasteiger partial charge < -0.3 is 10.1 Å². The Morgan fingerprint density at radius 3 is 2.72 bits per heavy atom. The lowest BCUT2D eigenvalue weighted by molar-refractivity contribution is -0.154. The number of tetrazole rings is 1. The standard InChI is InChI=1S/C13H14F3N7O2/c1-7(11-20-21-22-23(11)8-2-3-8)17-12(24)9-4-5-10(19-18-9)25-6-13(14,15)16/h4-5,7-8H,2-3,6H2,1H3,(H,17,24)/t7-/m0/s1. The van der Waals surface area contributed by atoms with Gasteiger partial charge in [-0.05, 0) is 36.3 Å². The molecule has 0 unspecified atom stereocenters. The Balaban J connectivity index is 1.60. The molecule has 1 aliphatic rings. The summed E-state index contributed by atoms with van der Waals surface area (Å²) in [6.45, 7) is 0.241. The molecule has 2 aromatic rings. The molecule has 1 aliphatic carbocycles. The Bertz CT molecular complexity index is 743. The van der Waals surface area contributed by atoms with Crippen molar-refractivity contribution in [1.82, 2.24) is 35.7 Å². The number of carbonyl (C=O) groups excluding carboxylic acids is 1. The smallest absolute Gasteiger partial charge is 0.422 e. The first-order valence-corrected chi connectivity index (χ1v) is 7.45. The quantitative estimate of drug-likeness (QED) is 0.828. The highest BCUT2D eigenvalue weighted by Gasteiger charge is 2.30. The predicted molar refractivity (Wildman–Crippen MR) is 75.6 cm³/mol. The molecule has 25 heavy (non-hydrogen) atoms. The highest BCUT2D eigenvalue weighted by Crippen LogP contribution is 2.35. The van der Waals surface area contributed by atoms with Crippen molar-refractivity contribution in [2.45, 2.75) is 38.0 Å². The van der Waals surface area contributed by atoms with Gasteiger partial charge in [-0.1, -0.05) is 0 Å². The van der Waals surface area contributed by atoms with Crippen LogP contribution in [0.2, 0.25) is 0 Å². The molecule has 134 valence electrons. The van der Waals surface area contributed by atoms with Crippen molar-refractivity contribution in [3.05, 3.63) is 23.7 Å². The van der Waals surface area contributed by atoms with Crippen molar-refractivity contribution in [3.8, 4) is 5.88 Å². The summed E-state index contributed by atoms with van der Waals surface area (Å²) in [7, 11) is 0. The molecule has 2 heterocycles. The number of hydrogen-bond donors (Lipinski definition) is 1. The lowest BCUT2D eigenvalue weighted by atomic mass is 10.3. The lowest BCUT2D eigenvalue weighted by Crippen LogP contribution is -2.29. The molecule has 0 aliphatic heterocycles. The number of amides is 1. The molecular formula is C13H14F3N7O2. The zero-order valence-corrected chi connectivity index (χ0v) is 13.1. The van der Waals surface area contributed by atoms with Crippen LogP contribution >= 0.6 is 0 Å². The van der Waals surface area contributed by atoms with Crippen molar-refractivity contribution in [2.75, 3.05) is 6.61 Å². The van der Waals surface area contributed by atoms with Gasteiger partial charge in [0.1, 0.15) is 0 Å². The number of ether oxygens (including phenoxy) is 1. The molecule has 0 aromatic carbocycles. The fourth-order valence-electron chi connectivity index (χ4n) is 2.07. The summed E-state index contributed by atoms with van der Waals surface area (Å²) in [5.41, 5.74) is -0.0587. The second-order valence-electron chi connectivity index (χ2n) is 5.57. The lowest BCUT2D eigenvalue weighted by Gasteiger charge is -2.13. The molecule has 1 saturated carbocycles. The number of aromatic nitrogens is 6. The fraction of sp³-hybridized carbons (Fsp3) is 0.538. The highest BCUT2D eigenvalue weighted by atomic mass is 19.4. The van der Waals surface area contributed by atoms with Crippen LogP contribution in [0.25, 0.3) is 0 Å². The van der Waals surface area contributed by atoms with Crippen LogP contribution in [0, 0.1) is 0 Å². The second kappa shape index (κ2) is 6.61. The maximum absolute atomic E-state index is 12.2. The van der Waals surface area contributed by atoms with Crippen molar-refractivity contribution in [1.29, 1.82) is 0 Å². The number of carbonyl (C=O) groups is 1. The first kappa shape index (κ1) is 17.0. The minimum absolute atomic E-state index is 0.0587. The SMILES string of the molecule is C[C@H](NC(=O)c1ccc(OCC(F)(F)F)nn1)c1nnnn1C1CC1. The molecule has 1 N–H and O–H groups in total. The molecule has 1 atom stereocenters. The van der Waals surface area contributed by atoms with Crippen molar-refractivity contribution in [2.24, 2.45) is 0 Å². The van der Waals surface area contributed by atoms with Gasteiger partial charge in [-0.3, -0.25) is 4.79 Å². The van der Waals surface area contributed by atoms with Gasteiger partial charge in [-0.15, -0.1) is 15.3 Å². The Morgan fingerprint density at radius 2 is 2.12 bits per heavy atom. The van der Waals surface area contributed by atoms with Crippen LogP contribution in [0.15, 0.2) is 12.1 Å². The zero-order valence-electron chi connectivity index (χ0n) is 13.1. The van der Waals surface area contributed by atoms with Gasteiger partial charge in [0.05, 0.1) is 12.1 Å². The summed E-state index contributed by atoms with van der Waals surface area (Å²) in [6.07, 6.45) is -2.49. The van der Waals surface area contributed by atoms with Crippen LogP contribution in [0.4, 0.5) is 13.2 Å². The van der Waals surface area contributed by atoms with E-state index in [1.807, 2.05) is 0 Å².